The number of rotatable bonds is 4. The number of ketones is 1. The quantitative estimate of drug-likeness (QED) is 0.824. The Morgan fingerprint density at radius 1 is 1.47 bits per heavy atom. The monoisotopic (exact) mass is 283 g/mol. The molecule has 19 heavy (non-hydrogen) atoms. The molecule has 0 radical (unpaired) electrons. The molecule has 5 nitrogen and oxygen atoms in total. The van der Waals surface area contributed by atoms with E-state index >= 15 is 0 Å². The predicted octanol–water partition coefficient (Wildman–Crippen LogP) is 1.86. The maximum absolute atomic E-state index is 11.9. The average Bonchev–Trinajstić information content (AvgIpc) is 2.75. The molecule has 0 atom stereocenters. The average molecular weight is 283 g/mol. The highest BCUT2D eigenvalue weighted by atomic mass is 32.1. The number of carbonyl (C=O) groups is 1. The van der Waals surface area contributed by atoms with Crippen LogP contribution in [0.25, 0.3) is 0 Å². The Morgan fingerprint density at radius 3 is 2.63 bits per heavy atom. The van der Waals surface area contributed by atoms with Crippen LogP contribution < -0.4 is 21.1 Å². The Balaban J connectivity index is 2.32. The van der Waals surface area contributed by atoms with Gasteiger partial charge >= 0.3 is 0 Å². The van der Waals surface area contributed by atoms with E-state index < -0.39 is 0 Å². The molecule has 1 aromatic heterocycles. The molecule has 1 aliphatic rings. The van der Waals surface area contributed by atoms with Crippen molar-refractivity contribution in [3.63, 3.8) is 0 Å². The van der Waals surface area contributed by atoms with E-state index in [1.807, 2.05) is 6.92 Å². The van der Waals surface area contributed by atoms with Gasteiger partial charge in [0.1, 0.15) is 5.00 Å². The number of Topliss-reactive ketones (excluding diaryl/α,β-unsaturated/α-hetero) is 1. The lowest BCUT2D eigenvalue weighted by Crippen LogP contribution is -2.39. The van der Waals surface area contributed by atoms with Crippen LogP contribution in [-0.4, -0.2) is 32.0 Å². The molecule has 0 aromatic carbocycles. The smallest absolute Gasteiger partial charge is 0.177 e. The maximum atomic E-state index is 11.9. The SMILES string of the molecule is CCC(=O)c1sc(N2CCC(N)CC2)c(OC)c1N. The van der Waals surface area contributed by atoms with Crippen LogP contribution in [0, 0.1) is 0 Å². The first-order valence-electron chi connectivity index (χ1n) is 6.58. The number of thiophene rings is 1. The predicted molar refractivity (Wildman–Crippen MR) is 79.3 cm³/mol. The summed E-state index contributed by atoms with van der Waals surface area (Å²) in [6, 6.07) is 0.274. The zero-order valence-corrected chi connectivity index (χ0v) is 12.3. The molecule has 0 amide bonds. The summed E-state index contributed by atoms with van der Waals surface area (Å²) in [6.45, 7) is 3.61. The Kier molecular flexibility index (Phi) is 4.31. The molecule has 1 saturated heterocycles. The minimum absolute atomic E-state index is 0.0701. The molecule has 0 aliphatic carbocycles. The summed E-state index contributed by atoms with van der Waals surface area (Å²) in [5, 5.41) is 0.962. The first kappa shape index (κ1) is 14.1. The van der Waals surface area contributed by atoms with Crippen molar-refractivity contribution in [1.82, 2.24) is 0 Å². The molecular weight excluding hydrogens is 262 g/mol. The van der Waals surface area contributed by atoms with Crippen molar-refractivity contribution in [2.24, 2.45) is 5.73 Å². The van der Waals surface area contributed by atoms with Gasteiger partial charge < -0.3 is 21.1 Å². The van der Waals surface area contributed by atoms with E-state index in [-0.39, 0.29) is 11.8 Å². The first-order valence-corrected chi connectivity index (χ1v) is 7.40. The second kappa shape index (κ2) is 5.79. The van der Waals surface area contributed by atoms with Gasteiger partial charge in [0.2, 0.25) is 0 Å². The molecule has 106 valence electrons. The second-order valence-corrected chi connectivity index (χ2v) is 5.78. The molecule has 1 aliphatic heterocycles. The van der Waals surface area contributed by atoms with Gasteiger partial charge in [0.05, 0.1) is 17.7 Å². The lowest BCUT2D eigenvalue weighted by atomic mass is 10.1. The number of methoxy groups -OCH3 is 1. The lowest BCUT2D eigenvalue weighted by molar-refractivity contribution is 0.0992. The van der Waals surface area contributed by atoms with Crippen molar-refractivity contribution < 1.29 is 9.53 Å². The largest absolute Gasteiger partial charge is 0.492 e. The number of hydrogen-bond acceptors (Lipinski definition) is 6. The van der Waals surface area contributed by atoms with E-state index in [9.17, 15) is 4.79 Å². The molecule has 0 bridgehead atoms. The van der Waals surface area contributed by atoms with Crippen molar-refractivity contribution in [1.29, 1.82) is 0 Å². The van der Waals surface area contributed by atoms with Crippen molar-refractivity contribution in [3.05, 3.63) is 4.88 Å². The molecule has 2 rings (SSSR count). The first-order chi connectivity index (χ1) is 9.08. The number of anilines is 2. The molecule has 2 heterocycles. The van der Waals surface area contributed by atoms with Gasteiger partial charge in [0.15, 0.2) is 11.5 Å². The number of nitrogen functional groups attached to an aromatic ring is 1. The van der Waals surface area contributed by atoms with Gasteiger partial charge in [-0.15, -0.1) is 11.3 Å². The minimum Gasteiger partial charge on any atom is -0.492 e. The molecule has 1 fully saturated rings. The Hall–Kier alpha value is -1.27. The summed E-state index contributed by atoms with van der Waals surface area (Å²) >= 11 is 1.44. The van der Waals surface area contributed by atoms with E-state index in [1.165, 1.54) is 11.3 Å². The lowest BCUT2D eigenvalue weighted by Gasteiger charge is -2.31. The Morgan fingerprint density at radius 2 is 2.11 bits per heavy atom. The number of carbonyl (C=O) groups excluding carboxylic acids is 1. The molecule has 1 aromatic rings. The summed E-state index contributed by atoms with van der Waals surface area (Å²) in [4.78, 5) is 14.7. The Labute approximate surface area is 117 Å². The van der Waals surface area contributed by atoms with Crippen LogP contribution in [0.4, 0.5) is 10.7 Å². The standard InChI is InChI=1S/C13H21N3O2S/c1-3-9(17)12-10(15)11(18-2)13(19-12)16-6-4-8(14)5-7-16/h8H,3-7,14-15H2,1-2H3. The molecule has 0 spiro atoms. The summed E-state index contributed by atoms with van der Waals surface area (Å²) in [7, 11) is 1.60. The van der Waals surface area contributed by atoms with Gasteiger partial charge in [0, 0.05) is 25.6 Å². The van der Waals surface area contributed by atoms with Gasteiger partial charge in [-0.1, -0.05) is 6.92 Å². The fourth-order valence-electron chi connectivity index (χ4n) is 2.29. The molecular formula is C13H21N3O2S. The van der Waals surface area contributed by atoms with E-state index in [4.69, 9.17) is 16.2 Å². The van der Waals surface area contributed by atoms with Gasteiger partial charge in [-0.3, -0.25) is 4.79 Å². The van der Waals surface area contributed by atoms with Gasteiger partial charge in [0.25, 0.3) is 0 Å². The van der Waals surface area contributed by atoms with Gasteiger partial charge in [-0.2, -0.15) is 0 Å². The maximum Gasteiger partial charge on any atom is 0.177 e. The molecule has 6 heteroatoms. The highest BCUT2D eigenvalue weighted by molar-refractivity contribution is 7.19. The van der Waals surface area contributed by atoms with E-state index in [0.717, 1.165) is 30.9 Å². The molecule has 0 unspecified atom stereocenters. The number of piperidine rings is 1. The van der Waals surface area contributed by atoms with Gasteiger partial charge in [-0.25, -0.2) is 0 Å². The number of nitrogens with zero attached hydrogens (tertiary/aromatic N) is 1. The topological polar surface area (TPSA) is 81.6 Å². The normalized spacial score (nSPS) is 16.7. The van der Waals surface area contributed by atoms with Crippen molar-refractivity contribution in [3.8, 4) is 5.75 Å². The fourth-order valence-corrected chi connectivity index (χ4v) is 3.54. The number of nitrogens with two attached hydrogens (primary N) is 2. The van der Waals surface area contributed by atoms with Crippen LogP contribution in [-0.2, 0) is 0 Å². The van der Waals surface area contributed by atoms with Crippen molar-refractivity contribution in [2.45, 2.75) is 32.2 Å². The van der Waals surface area contributed by atoms with Gasteiger partial charge in [-0.05, 0) is 12.8 Å². The Bertz CT molecular complexity index is 465. The van der Waals surface area contributed by atoms with Crippen molar-refractivity contribution >= 4 is 27.8 Å². The highest BCUT2D eigenvalue weighted by Gasteiger charge is 2.26. The third-order valence-electron chi connectivity index (χ3n) is 3.49. The van der Waals surface area contributed by atoms with E-state index in [1.54, 1.807) is 7.11 Å². The summed E-state index contributed by atoms with van der Waals surface area (Å²) in [5.74, 6) is 0.707. The number of ether oxygens (including phenoxy) is 1. The fraction of sp³-hybridized carbons (Fsp3) is 0.615. The minimum atomic E-state index is 0.0701. The highest BCUT2D eigenvalue weighted by Crippen LogP contribution is 2.45. The third kappa shape index (κ3) is 2.69. The second-order valence-electron chi connectivity index (χ2n) is 4.78. The zero-order chi connectivity index (χ0) is 14.0. The zero-order valence-electron chi connectivity index (χ0n) is 11.4. The summed E-state index contributed by atoms with van der Waals surface area (Å²) in [6.07, 6.45) is 2.37. The van der Waals surface area contributed by atoms with Crippen LogP contribution in [0.5, 0.6) is 5.75 Å². The van der Waals surface area contributed by atoms with E-state index in [2.05, 4.69) is 4.90 Å². The summed E-state index contributed by atoms with van der Waals surface area (Å²) in [5.41, 5.74) is 12.4. The van der Waals surface area contributed by atoms with Crippen LogP contribution >= 0.6 is 11.3 Å². The van der Waals surface area contributed by atoms with Crippen LogP contribution in [0.2, 0.25) is 0 Å². The third-order valence-corrected chi connectivity index (χ3v) is 4.78. The summed E-state index contributed by atoms with van der Waals surface area (Å²) < 4.78 is 5.39. The molecule has 0 saturated carbocycles. The molecule has 4 N–H and O–H groups in total. The van der Waals surface area contributed by atoms with Crippen molar-refractivity contribution in [2.75, 3.05) is 30.8 Å². The van der Waals surface area contributed by atoms with E-state index in [0.29, 0.717) is 22.7 Å². The van der Waals surface area contributed by atoms with Crippen LogP contribution in [0.1, 0.15) is 35.9 Å². The number of hydrogen-bond donors (Lipinski definition) is 2. The van der Waals surface area contributed by atoms with Crippen LogP contribution in [0.15, 0.2) is 0 Å². The van der Waals surface area contributed by atoms with Crippen LogP contribution in [0.3, 0.4) is 0 Å².